The van der Waals surface area contributed by atoms with E-state index in [9.17, 15) is 14.4 Å². The summed E-state index contributed by atoms with van der Waals surface area (Å²) in [5.74, 6) is 1.16. The number of carbonyl (C=O) groups excluding carboxylic acids is 3. The fraction of sp³-hybridized carbons (Fsp3) is 0.409. The largest absolute Gasteiger partial charge is 0.326 e. The van der Waals surface area contributed by atoms with Crippen molar-refractivity contribution >= 4 is 40.7 Å². The molecule has 0 unspecified atom stereocenters. The van der Waals surface area contributed by atoms with Gasteiger partial charge in [0.2, 0.25) is 11.8 Å². The molecular formula is C22H26N4O3S. The van der Waals surface area contributed by atoms with Crippen molar-refractivity contribution in [1.29, 1.82) is 0 Å². The predicted octanol–water partition coefficient (Wildman–Crippen LogP) is 3.80. The van der Waals surface area contributed by atoms with Crippen LogP contribution in [0.1, 0.15) is 55.0 Å². The molecule has 1 fully saturated rings. The normalized spacial score (nSPS) is 13.6. The van der Waals surface area contributed by atoms with Gasteiger partial charge < -0.3 is 10.2 Å². The van der Waals surface area contributed by atoms with Crippen LogP contribution < -0.4 is 10.2 Å². The predicted molar refractivity (Wildman–Crippen MR) is 118 cm³/mol. The summed E-state index contributed by atoms with van der Waals surface area (Å²) in [6.45, 7) is 6.03. The molecule has 0 aliphatic carbocycles. The molecule has 1 aliphatic rings. The number of aromatic nitrogens is 2. The van der Waals surface area contributed by atoms with Crippen LogP contribution in [0.15, 0.2) is 29.3 Å². The lowest BCUT2D eigenvalue weighted by Crippen LogP contribution is -2.23. The Kier molecular flexibility index (Phi) is 7.20. The van der Waals surface area contributed by atoms with Gasteiger partial charge in [-0.3, -0.25) is 14.4 Å². The van der Waals surface area contributed by atoms with Crippen LogP contribution in [0.2, 0.25) is 0 Å². The van der Waals surface area contributed by atoms with Crippen molar-refractivity contribution in [1.82, 2.24) is 9.97 Å². The summed E-state index contributed by atoms with van der Waals surface area (Å²) in [5.41, 5.74) is 2.76. The smallest absolute Gasteiger partial charge is 0.227 e. The Balaban J connectivity index is 1.56. The zero-order valence-electron chi connectivity index (χ0n) is 17.5. The molecule has 30 heavy (non-hydrogen) atoms. The lowest BCUT2D eigenvalue weighted by molar-refractivity contribution is -0.117. The van der Waals surface area contributed by atoms with E-state index in [1.54, 1.807) is 17.0 Å². The van der Waals surface area contributed by atoms with Crippen molar-refractivity contribution in [3.8, 4) is 0 Å². The Labute approximate surface area is 180 Å². The molecule has 1 aliphatic heterocycles. The van der Waals surface area contributed by atoms with E-state index in [0.717, 1.165) is 18.7 Å². The highest BCUT2D eigenvalue weighted by atomic mass is 32.2. The van der Waals surface area contributed by atoms with Gasteiger partial charge in [-0.2, -0.15) is 0 Å². The number of aryl methyl sites for hydroxylation is 2. The van der Waals surface area contributed by atoms with E-state index in [-0.39, 0.29) is 17.6 Å². The van der Waals surface area contributed by atoms with Gasteiger partial charge in [0.25, 0.3) is 0 Å². The molecule has 2 amide bonds. The van der Waals surface area contributed by atoms with Gasteiger partial charge in [0.15, 0.2) is 5.78 Å². The van der Waals surface area contributed by atoms with E-state index in [0.29, 0.717) is 52.8 Å². The number of thioether (sulfide) groups is 1. The minimum Gasteiger partial charge on any atom is -0.326 e. The molecule has 0 saturated carbocycles. The molecular weight excluding hydrogens is 400 g/mol. The maximum absolute atomic E-state index is 12.3. The molecule has 8 heteroatoms. The van der Waals surface area contributed by atoms with Crippen molar-refractivity contribution in [2.75, 3.05) is 22.5 Å². The van der Waals surface area contributed by atoms with Crippen LogP contribution in [0, 0.1) is 6.92 Å². The number of hydrogen-bond donors (Lipinski definition) is 1. The third kappa shape index (κ3) is 5.24. The first kappa shape index (κ1) is 22.0. The molecule has 1 saturated heterocycles. The molecule has 0 spiro atoms. The summed E-state index contributed by atoms with van der Waals surface area (Å²) in [4.78, 5) is 46.7. The molecule has 0 atom stereocenters. The maximum Gasteiger partial charge on any atom is 0.227 e. The average Bonchev–Trinajstić information content (AvgIpc) is 3.13. The van der Waals surface area contributed by atoms with E-state index in [4.69, 9.17) is 0 Å². The van der Waals surface area contributed by atoms with Crippen molar-refractivity contribution in [3.05, 3.63) is 41.3 Å². The van der Waals surface area contributed by atoms with Gasteiger partial charge in [-0.05, 0) is 44.5 Å². The van der Waals surface area contributed by atoms with Gasteiger partial charge in [-0.25, -0.2) is 9.97 Å². The summed E-state index contributed by atoms with van der Waals surface area (Å²) in [7, 11) is 0. The second-order valence-electron chi connectivity index (χ2n) is 7.16. The highest BCUT2D eigenvalue weighted by molar-refractivity contribution is 7.99. The highest BCUT2D eigenvalue weighted by Crippen LogP contribution is 2.25. The number of ketones is 1. The highest BCUT2D eigenvalue weighted by Gasteiger charge is 2.21. The zero-order valence-corrected chi connectivity index (χ0v) is 18.3. The maximum atomic E-state index is 12.3. The minimum atomic E-state index is -0.113. The summed E-state index contributed by atoms with van der Waals surface area (Å²) < 4.78 is 0. The number of rotatable bonds is 8. The van der Waals surface area contributed by atoms with Crippen molar-refractivity contribution in [2.45, 2.75) is 51.5 Å². The van der Waals surface area contributed by atoms with Gasteiger partial charge >= 0.3 is 0 Å². The van der Waals surface area contributed by atoms with Crippen molar-refractivity contribution < 1.29 is 14.4 Å². The first-order valence-corrected chi connectivity index (χ1v) is 11.1. The van der Waals surface area contributed by atoms with Crippen molar-refractivity contribution in [2.24, 2.45) is 0 Å². The standard InChI is InChI=1S/C22H26N4O3S/c1-4-18-23-14(2)21(15(3)27)22(25-18)30-13-11-19(28)24-16-7-9-17(10-8-16)26-12-5-6-20(26)29/h7-10H,4-6,11-13H2,1-3H3,(H,24,28). The number of carbonyl (C=O) groups is 3. The Morgan fingerprint density at radius 2 is 1.93 bits per heavy atom. The Morgan fingerprint density at radius 3 is 2.53 bits per heavy atom. The number of nitrogens with zero attached hydrogens (tertiary/aromatic N) is 3. The molecule has 0 bridgehead atoms. The number of amides is 2. The molecule has 1 N–H and O–H groups in total. The van der Waals surface area contributed by atoms with Gasteiger partial charge in [0.05, 0.1) is 11.3 Å². The molecule has 2 aromatic rings. The summed E-state index contributed by atoms with van der Waals surface area (Å²) >= 11 is 1.40. The molecule has 2 heterocycles. The van der Waals surface area contributed by atoms with Crippen LogP contribution in [0.4, 0.5) is 11.4 Å². The van der Waals surface area contributed by atoms with Crippen LogP contribution >= 0.6 is 11.8 Å². The lowest BCUT2D eigenvalue weighted by Gasteiger charge is -2.16. The molecule has 0 radical (unpaired) electrons. The topological polar surface area (TPSA) is 92.3 Å². The summed E-state index contributed by atoms with van der Waals surface area (Å²) in [5, 5.41) is 3.51. The number of Topliss-reactive ketones (excluding diaryl/α,β-unsaturated/α-hetero) is 1. The van der Waals surface area contributed by atoms with Crippen LogP contribution in [0.5, 0.6) is 0 Å². The summed E-state index contributed by atoms with van der Waals surface area (Å²) in [6.07, 6.45) is 2.45. The van der Waals surface area contributed by atoms with E-state index in [1.807, 2.05) is 26.0 Å². The van der Waals surface area contributed by atoms with E-state index in [1.165, 1.54) is 18.7 Å². The second-order valence-corrected chi connectivity index (χ2v) is 8.24. The first-order chi connectivity index (χ1) is 14.4. The van der Waals surface area contributed by atoms with Crippen LogP contribution in [0.25, 0.3) is 0 Å². The molecule has 1 aromatic heterocycles. The molecule has 158 valence electrons. The second kappa shape index (κ2) is 9.84. The van der Waals surface area contributed by atoms with Gasteiger partial charge in [-0.1, -0.05) is 6.92 Å². The summed E-state index contributed by atoms with van der Waals surface area (Å²) in [6, 6.07) is 7.31. The van der Waals surface area contributed by atoms with Crippen LogP contribution in [-0.4, -0.2) is 39.9 Å². The minimum absolute atomic E-state index is 0.0707. The Morgan fingerprint density at radius 1 is 1.20 bits per heavy atom. The quantitative estimate of drug-likeness (QED) is 0.392. The third-order valence-electron chi connectivity index (χ3n) is 4.88. The number of anilines is 2. The number of benzene rings is 1. The number of nitrogens with one attached hydrogen (secondary N) is 1. The Bertz CT molecular complexity index is 960. The molecule has 1 aromatic carbocycles. The van der Waals surface area contributed by atoms with Crippen LogP contribution in [0.3, 0.4) is 0 Å². The zero-order chi connectivity index (χ0) is 21.7. The van der Waals surface area contributed by atoms with E-state index in [2.05, 4.69) is 15.3 Å². The van der Waals surface area contributed by atoms with Crippen molar-refractivity contribution in [3.63, 3.8) is 0 Å². The first-order valence-electron chi connectivity index (χ1n) is 10.1. The van der Waals surface area contributed by atoms with Crippen LogP contribution in [-0.2, 0) is 16.0 Å². The fourth-order valence-electron chi connectivity index (χ4n) is 3.38. The molecule has 3 rings (SSSR count). The van der Waals surface area contributed by atoms with Gasteiger partial charge in [0.1, 0.15) is 10.9 Å². The van der Waals surface area contributed by atoms with Gasteiger partial charge in [-0.15, -0.1) is 11.8 Å². The fourth-order valence-corrected chi connectivity index (χ4v) is 4.47. The van der Waals surface area contributed by atoms with E-state index >= 15 is 0 Å². The Hall–Kier alpha value is -2.74. The monoisotopic (exact) mass is 426 g/mol. The number of hydrogen-bond acceptors (Lipinski definition) is 6. The SMILES string of the molecule is CCc1nc(C)c(C(C)=O)c(SCCC(=O)Nc2ccc(N3CCCC3=O)cc2)n1. The lowest BCUT2D eigenvalue weighted by atomic mass is 10.2. The third-order valence-corrected chi connectivity index (χ3v) is 5.85. The van der Waals surface area contributed by atoms with E-state index < -0.39 is 0 Å². The molecule has 7 nitrogen and oxygen atoms in total. The average molecular weight is 427 g/mol. The van der Waals surface area contributed by atoms with Gasteiger partial charge in [0, 0.05) is 42.9 Å².